The summed E-state index contributed by atoms with van der Waals surface area (Å²) in [6.45, 7) is 0.484. The van der Waals surface area contributed by atoms with Gasteiger partial charge in [0.2, 0.25) is 11.8 Å². The fourth-order valence-corrected chi connectivity index (χ4v) is 4.10. The summed E-state index contributed by atoms with van der Waals surface area (Å²) in [5, 5.41) is 2.99. The largest absolute Gasteiger partial charge is 0.491 e. The van der Waals surface area contributed by atoms with Crippen LogP contribution in [0.5, 0.6) is 5.75 Å². The number of amides is 2. The molecule has 0 saturated carbocycles. The number of ether oxygens (including phenoxy) is 1. The van der Waals surface area contributed by atoms with Crippen LogP contribution in [0.15, 0.2) is 53.4 Å². The Bertz CT molecular complexity index is 824. The minimum Gasteiger partial charge on any atom is -0.491 e. The Morgan fingerprint density at radius 2 is 2.00 bits per heavy atom. The van der Waals surface area contributed by atoms with Crippen molar-refractivity contribution in [3.63, 3.8) is 0 Å². The third kappa shape index (κ3) is 3.35. The van der Waals surface area contributed by atoms with Crippen LogP contribution in [-0.2, 0) is 16.0 Å². The SMILES string of the molecule is O=C(CN1C(=O)CSc2ccccc21)NC1COc2ccccc2C1. The first-order valence-corrected chi connectivity index (χ1v) is 9.21. The van der Waals surface area contributed by atoms with Gasteiger partial charge in [-0.2, -0.15) is 0 Å². The molecule has 0 fully saturated rings. The molecule has 0 spiro atoms. The van der Waals surface area contributed by atoms with E-state index in [4.69, 9.17) is 4.74 Å². The van der Waals surface area contributed by atoms with Crippen molar-refractivity contribution in [3.8, 4) is 5.75 Å². The monoisotopic (exact) mass is 354 g/mol. The van der Waals surface area contributed by atoms with Crippen molar-refractivity contribution in [3.05, 3.63) is 54.1 Å². The molecule has 2 heterocycles. The Morgan fingerprint density at radius 1 is 1.20 bits per heavy atom. The molecule has 25 heavy (non-hydrogen) atoms. The topological polar surface area (TPSA) is 58.6 Å². The molecule has 1 unspecified atom stereocenters. The highest BCUT2D eigenvalue weighted by Gasteiger charge is 2.28. The van der Waals surface area contributed by atoms with Gasteiger partial charge in [-0.3, -0.25) is 9.59 Å². The molecule has 0 saturated heterocycles. The van der Waals surface area contributed by atoms with Crippen LogP contribution in [0, 0.1) is 0 Å². The summed E-state index contributed by atoms with van der Waals surface area (Å²) in [6, 6.07) is 15.5. The molecule has 2 aliphatic heterocycles. The predicted octanol–water partition coefficient (Wildman–Crippen LogP) is 2.25. The van der Waals surface area contributed by atoms with E-state index in [-0.39, 0.29) is 24.4 Å². The maximum Gasteiger partial charge on any atom is 0.240 e. The molecule has 0 radical (unpaired) electrons. The zero-order chi connectivity index (χ0) is 17.2. The number of carbonyl (C=O) groups excluding carboxylic acids is 2. The molecule has 1 N–H and O–H groups in total. The summed E-state index contributed by atoms with van der Waals surface area (Å²) >= 11 is 1.51. The number of hydrogen-bond donors (Lipinski definition) is 1. The number of thioether (sulfide) groups is 1. The number of nitrogens with zero attached hydrogens (tertiary/aromatic N) is 1. The van der Waals surface area contributed by atoms with E-state index in [1.165, 1.54) is 11.8 Å². The second-order valence-corrected chi connectivity index (χ2v) is 7.14. The quantitative estimate of drug-likeness (QED) is 0.918. The summed E-state index contributed by atoms with van der Waals surface area (Å²) in [5.74, 6) is 1.04. The molecular formula is C19H18N2O3S. The van der Waals surface area contributed by atoms with Crippen molar-refractivity contribution in [2.45, 2.75) is 17.4 Å². The van der Waals surface area contributed by atoms with Gasteiger partial charge in [-0.25, -0.2) is 0 Å². The van der Waals surface area contributed by atoms with Crippen LogP contribution >= 0.6 is 11.8 Å². The average Bonchev–Trinajstić information content (AvgIpc) is 2.64. The van der Waals surface area contributed by atoms with Gasteiger partial charge in [0.1, 0.15) is 18.9 Å². The van der Waals surface area contributed by atoms with Crippen LogP contribution in [0.4, 0.5) is 5.69 Å². The van der Waals surface area contributed by atoms with Crippen molar-refractivity contribution < 1.29 is 14.3 Å². The number of para-hydroxylation sites is 2. The maximum absolute atomic E-state index is 12.5. The Labute approximate surface area is 150 Å². The number of benzene rings is 2. The van der Waals surface area contributed by atoms with E-state index >= 15 is 0 Å². The molecule has 4 rings (SSSR count). The second kappa shape index (κ2) is 6.80. The first kappa shape index (κ1) is 16.0. The lowest BCUT2D eigenvalue weighted by molar-refractivity contribution is -0.123. The number of hydrogen-bond acceptors (Lipinski definition) is 4. The van der Waals surface area contributed by atoms with Gasteiger partial charge in [0, 0.05) is 4.90 Å². The first-order valence-electron chi connectivity index (χ1n) is 8.23. The van der Waals surface area contributed by atoms with Gasteiger partial charge in [0.05, 0.1) is 17.5 Å². The Morgan fingerprint density at radius 3 is 2.92 bits per heavy atom. The molecule has 0 bridgehead atoms. The standard InChI is InChI=1S/C19H18N2O3S/c22-18(20-14-9-13-5-1-3-7-16(13)24-11-14)10-21-15-6-2-4-8-17(15)25-12-19(21)23/h1-8,14H,9-12H2,(H,20,22). The lowest BCUT2D eigenvalue weighted by atomic mass is 10.0. The highest BCUT2D eigenvalue weighted by molar-refractivity contribution is 8.00. The number of carbonyl (C=O) groups is 2. The van der Waals surface area contributed by atoms with Gasteiger partial charge in [-0.15, -0.1) is 11.8 Å². The number of rotatable bonds is 3. The first-order chi connectivity index (χ1) is 12.2. The third-order valence-corrected chi connectivity index (χ3v) is 5.40. The van der Waals surface area contributed by atoms with E-state index in [0.717, 1.165) is 28.3 Å². The van der Waals surface area contributed by atoms with Crippen LogP contribution in [0.1, 0.15) is 5.56 Å². The summed E-state index contributed by atoms with van der Waals surface area (Å²) in [6.07, 6.45) is 0.738. The molecular weight excluding hydrogens is 336 g/mol. The van der Waals surface area contributed by atoms with E-state index in [2.05, 4.69) is 5.32 Å². The van der Waals surface area contributed by atoms with E-state index < -0.39 is 0 Å². The van der Waals surface area contributed by atoms with E-state index in [0.29, 0.717) is 12.4 Å². The number of anilines is 1. The van der Waals surface area contributed by atoms with Gasteiger partial charge < -0.3 is 15.0 Å². The van der Waals surface area contributed by atoms with Crippen molar-refractivity contribution in [2.24, 2.45) is 0 Å². The molecule has 2 aromatic carbocycles. The molecule has 0 aromatic heterocycles. The van der Waals surface area contributed by atoms with Gasteiger partial charge in [0.25, 0.3) is 0 Å². The highest BCUT2D eigenvalue weighted by Crippen LogP contribution is 2.34. The molecule has 6 heteroatoms. The van der Waals surface area contributed by atoms with E-state index in [1.54, 1.807) is 4.90 Å². The zero-order valence-corrected chi connectivity index (χ0v) is 14.4. The zero-order valence-electron chi connectivity index (χ0n) is 13.6. The maximum atomic E-state index is 12.5. The smallest absolute Gasteiger partial charge is 0.240 e. The van der Waals surface area contributed by atoms with Crippen molar-refractivity contribution in [1.29, 1.82) is 0 Å². The van der Waals surface area contributed by atoms with E-state index in [9.17, 15) is 9.59 Å². The van der Waals surface area contributed by atoms with Crippen molar-refractivity contribution in [2.75, 3.05) is 23.8 Å². The Hall–Kier alpha value is -2.47. The summed E-state index contributed by atoms with van der Waals surface area (Å²) < 4.78 is 5.71. The fraction of sp³-hybridized carbons (Fsp3) is 0.263. The van der Waals surface area contributed by atoms with Crippen LogP contribution in [0.2, 0.25) is 0 Å². The predicted molar refractivity (Wildman–Crippen MR) is 97.1 cm³/mol. The molecule has 1 atom stereocenters. The Kier molecular flexibility index (Phi) is 4.36. The van der Waals surface area contributed by atoms with Crippen LogP contribution in [-0.4, -0.2) is 36.8 Å². The van der Waals surface area contributed by atoms with Crippen molar-refractivity contribution in [1.82, 2.24) is 5.32 Å². The highest BCUT2D eigenvalue weighted by atomic mass is 32.2. The molecule has 0 aliphatic carbocycles. The molecule has 2 aromatic rings. The molecule has 128 valence electrons. The van der Waals surface area contributed by atoms with E-state index in [1.807, 2.05) is 48.5 Å². The fourth-order valence-electron chi connectivity index (χ4n) is 3.16. The summed E-state index contributed by atoms with van der Waals surface area (Å²) in [7, 11) is 0. The number of nitrogens with one attached hydrogen (secondary N) is 1. The molecule has 5 nitrogen and oxygen atoms in total. The summed E-state index contributed by atoms with van der Waals surface area (Å²) in [4.78, 5) is 27.3. The molecule has 2 aliphatic rings. The third-order valence-electron chi connectivity index (χ3n) is 4.35. The summed E-state index contributed by atoms with van der Waals surface area (Å²) in [5.41, 5.74) is 1.90. The van der Waals surface area contributed by atoms with Gasteiger partial charge in [0.15, 0.2) is 0 Å². The normalized spacial score (nSPS) is 18.8. The van der Waals surface area contributed by atoms with Gasteiger partial charge >= 0.3 is 0 Å². The lowest BCUT2D eigenvalue weighted by Crippen LogP contribution is -2.49. The second-order valence-electron chi connectivity index (χ2n) is 6.12. The molecule has 2 amide bonds. The van der Waals surface area contributed by atoms with Crippen LogP contribution in [0.25, 0.3) is 0 Å². The van der Waals surface area contributed by atoms with Crippen LogP contribution < -0.4 is 15.0 Å². The van der Waals surface area contributed by atoms with Gasteiger partial charge in [-0.1, -0.05) is 30.3 Å². The number of fused-ring (bicyclic) bond motifs is 2. The van der Waals surface area contributed by atoms with Gasteiger partial charge in [-0.05, 0) is 30.2 Å². The van der Waals surface area contributed by atoms with Crippen molar-refractivity contribution >= 4 is 29.3 Å². The minimum absolute atomic E-state index is 0.0363. The average molecular weight is 354 g/mol. The minimum atomic E-state index is -0.164. The Balaban J connectivity index is 1.42. The van der Waals surface area contributed by atoms with Crippen LogP contribution in [0.3, 0.4) is 0 Å². The lowest BCUT2D eigenvalue weighted by Gasteiger charge is -2.30.